The van der Waals surface area contributed by atoms with Crippen LogP contribution in [0.2, 0.25) is 5.02 Å². The Labute approximate surface area is 171 Å². The Hall–Kier alpha value is -2.85. The predicted octanol–water partition coefficient (Wildman–Crippen LogP) is 2.50. The second-order valence-corrected chi connectivity index (χ2v) is 7.19. The topological polar surface area (TPSA) is 106 Å². The first kappa shape index (κ1) is 18.2. The SMILES string of the molecule is Clc1ccc(Nc2nnc(C3NNCC3NCc3ccc4c(c3)OCO4)o2)cc1. The molecule has 2 atom stereocenters. The van der Waals surface area contributed by atoms with Crippen molar-refractivity contribution in [3.8, 4) is 11.5 Å². The molecule has 10 heteroatoms. The van der Waals surface area contributed by atoms with E-state index in [0.717, 1.165) is 29.3 Å². The van der Waals surface area contributed by atoms with Crippen LogP contribution in [0.1, 0.15) is 17.5 Å². The molecule has 3 aromatic rings. The van der Waals surface area contributed by atoms with Crippen molar-refractivity contribution in [2.45, 2.75) is 18.6 Å². The van der Waals surface area contributed by atoms with Crippen LogP contribution in [-0.2, 0) is 6.54 Å². The van der Waals surface area contributed by atoms with Gasteiger partial charge in [-0.25, -0.2) is 5.43 Å². The third-order valence-corrected chi connectivity index (χ3v) is 5.04. The number of ether oxygens (including phenoxy) is 2. The van der Waals surface area contributed by atoms with E-state index in [-0.39, 0.29) is 18.9 Å². The van der Waals surface area contributed by atoms with Gasteiger partial charge in [0.1, 0.15) is 6.04 Å². The van der Waals surface area contributed by atoms with Gasteiger partial charge in [-0.3, -0.25) is 5.43 Å². The molecular formula is C19H19ClN6O3. The van der Waals surface area contributed by atoms with Crippen LogP contribution in [0.5, 0.6) is 11.5 Å². The van der Waals surface area contributed by atoms with E-state index < -0.39 is 0 Å². The van der Waals surface area contributed by atoms with E-state index in [2.05, 4.69) is 31.7 Å². The van der Waals surface area contributed by atoms with E-state index in [1.54, 1.807) is 12.1 Å². The summed E-state index contributed by atoms with van der Waals surface area (Å²) in [5.41, 5.74) is 8.26. The maximum absolute atomic E-state index is 5.91. The fraction of sp³-hybridized carbons (Fsp3) is 0.263. The Kier molecular flexibility index (Phi) is 4.94. The van der Waals surface area contributed by atoms with E-state index in [9.17, 15) is 0 Å². The first-order chi connectivity index (χ1) is 14.2. The average Bonchev–Trinajstić information content (AvgIpc) is 3.48. The summed E-state index contributed by atoms with van der Waals surface area (Å²) in [4.78, 5) is 0. The molecule has 1 aromatic heterocycles. The molecule has 2 unspecified atom stereocenters. The zero-order chi connectivity index (χ0) is 19.6. The number of anilines is 2. The van der Waals surface area contributed by atoms with Crippen molar-refractivity contribution in [2.75, 3.05) is 18.7 Å². The third-order valence-electron chi connectivity index (χ3n) is 4.79. The van der Waals surface area contributed by atoms with Gasteiger partial charge in [-0.15, -0.1) is 5.10 Å². The van der Waals surface area contributed by atoms with E-state index in [1.165, 1.54) is 0 Å². The summed E-state index contributed by atoms with van der Waals surface area (Å²) in [5.74, 6) is 2.05. The quantitative estimate of drug-likeness (QED) is 0.484. The second-order valence-electron chi connectivity index (χ2n) is 6.76. The molecule has 3 heterocycles. The molecule has 150 valence electrons. The van der Waals surface area contributed by atoms with Crippen LogP contribution in [0.15, 0.2) is 46.9 Å². The van der Waals surface area contributed by atoms with Crippen molar-refractivity contribution in [1.29, 1.82) is 0 Å². The van der Waals surface area contributed by atoms with Crippen LogP contribution in [-0.4, -0.2) is 29.6 Å². The summed E-state index contributed by atoms with van der Waals surface area (Å²) >= 11 is 5.91. The molecular weight excluding hydrogens is 396 g/mol. The highest BCUT2D eigenvalue weighted by Crippen LogP contribution is 2.32. The number of halogens is 1. The maximum atomic E-state index is 5.91. The van der Waals surface area contributed by atoms with E-state index >= 15 is 0 Å². The molecule has 2 aliphatic heterocycles. The number of fused-ring (bicyclic) bond motifs is 1. The number of nitrogens with zero attached hydrogens (tertiary/aromatic N) is 2. The Morgan fingerprint density at radius 2 is 1.93 bits per heavy atom. The highest BCUT2D eigenvalue weighted by atomic mass is 35.5. The standard InChI is InChI=1S/C19H19ClN6O3/c20-12-2-4-13(5-3-12)23-19-26-25-18(29-19)17-14(9-22-24-17)21-8-11-1-6-15-16(7-11)28-10-27-15/h1-7,14,17,21-22,24H,8-10H2,(H,23,26). The Morgan fingerprint density at radius 1 is 1.07 bits per heavy atom. The zero-order valence-electron chi connectivity index (χ0n) is 15.3. The van der Waals surface area contributed by atoms with E-state index in [1.807, 2.05) is 30.3 Å². The van der Waals surface area contributed by atoms with Crippen LogP contribution in [0.3, 0.4) is 0 Å². The Morgan fingerprint density at radius 3 is 2.83 bits per heavy atom. The van der Waals surface area contributed by atoms with Gasteiger partial charge in [-0.1, -0.05) is 22.8 Å². The summed E-state index contributed by atoms with van der Waals surface area (Å²) in [6.07, 6.45) is 0. The molecule has 2 aromatic carbocycles. The molecule has 0 spiro atoms. The van der Waals surface area contributed by atoms with Crippen LogP contribution < -0.4 is 31.0 Å². The van der Waals surface area contributed by atoms with Gasteiger partial charge < -0.3 is 24.5 Å². The fourth-order valence-corrected chi connectivity index (χ4v) is 3.41. The summed E-state index contributed by atoms with van der Waals surface area (Å²) in [5, 5.41) is 15.5. The lowest BCUT2D eigenvalue weighted by atomic mass is 10.1. The molecule has 1 saturated heterocycles. The Bertz CT molecular complexity index is 996. The molecule has 0 saturated carbocycles. The summed E-state index contributed by atoms with van der Waals surface area (Å²) < 4.78 is 16.6. The lowest BCUT2D eigenvalue weighted by molar-refractivity contribution is 0.174. The number of hydrogen-bond donors (Lipinski definition) is 4. The molecule has 5 rings (SSSR count). The van der Waals surface area contributed by atoms with Crippen LogP contribution >= 0.6 is 11.6 Å². The van der Waals surface area contributed by atoms with Crippen molar-refractivity contribution in [3.63, 3.8) is 0 Å². The van der Waals surface area contributed by atoms with E-state index in [4.69, 9.17) is 25.5 Å². The van der Waals surface area contributed by atoms with Crippen molar-refractivity contribution in [3.05, 3.63) is 58.9 Å². The zero-order valence-corrected chi connectivity index (χ0v) is 16.1. The molecule has 29 heavy (non-hydrogen) atoms. The number of hydrazine groups is 1. The van der Waals surface area contributed by atoms with Crippen molar-refractivity contribution >= 4 is 23.3 Å². The summed E-state index contributed by atoms with van der Waals surface area (Å²) in [7, 11) is 0. The smallest absolute Gasteiger partial charge is 0.320 e. The van der Waals surface area contributed by atoms with Gasteiger partial charge in [0.2, 0.25) is 12.7 Å². The van der Waals surface area contributed by atoms with Gasteiger partial charge in [0.25, 0.3) is 0 Å². The fourth-order valence-electron chi connectivity index (χ4n) is 3.29. The highest BCUT2D eigenvalue weighted by molar-refractivity contribution is 6.30. The average molecular weight is 415 g/mol. The molecule has 0 radical (unpaired) electrons. The monoisotopic (exact) mass is 414 g/mol. The molecule has 9 nitrogen and oxygen atoms in total. The van der Waals surface area contributed by atoms with E-state index in [0.29, 0.717) is 23.5 Å². The second kappa shape index (κ2) is 7.88. The number of nitrogens with one attached hydrogen (secondary N) is 4. The Balaban J connectivity index is 1.22. The minimum Gasteiger partial charge on any atom is -0.454 e. The normalized spacial score (nSPS) is 20.2. The van der Waals surface area contributed by atoms with Gasteiger partial charge in [0.15, 0.2) is 11.5 Å². The molecule has 4 N–H and O–H groups in total. The highest BCUT2D eigenvalue weighted by Gasteiger charge is 2.32. The number of hydrogen-bond acceptors (Lipinski definition) is 9. The van der Waals surface area contributed by atoms with Gasteiger partial charge in [-0.05, 0) is 42.0 Å². The van der Waals surface area contributed by atoms with Crippen molar-refractivity contribution in [1.82, 2.24) is 26.4 Å². The third kappa shape index (κ3) is 3.99. The summed E-state index contributed by atoms with van der Waals surface area (Å²) in [6.45, 7) is 1.66. The number of rotatable bonds is 6. The summed E-state index contributed by atoms with van der Waals surface area (Å²) in [6, 6.07) is 13.4. The van der Waals surface area contributed by atoms with Gasteiger partial charge in [-0.2, -0.15) is 0 Å². The largest absolute Gasteiger partial charge is 0.454 e. The molecule has 0 aliphatic carbocycles. The predicted molar refractivity (Wildman–Crippen MR) is 106 cm³/mol. The minimum absolute atomic E-state index is 0.0734. The lowest BCUT2D eigenvalue weighted by Gasteiger charge is -2.16. The maximum Gasteiger partial charge on any atom is 0.320 e. The van der Waals surface area contributed by atoms with Crippen molar-refractivity contribution in [2.24, 2.45) is 0 Å². The van der Waals surface area contributed by atoms with Crippen LogP contribution in [0, 0.1) is 0 Å². The lowest BCUT2D eigenvalue weighted by Crippen LogP contribution is -2.35. The molecule has 1 fully saturated rings. The van der Waals surface area contributed by atoms with Crippen LogP contribution in [0.25, 0.3) is 0 Å². The van der Waals surface area contributed by atoms with Gasteiger partial charge in [0, 0.05) is 29.8 Å². The van der Waals surface area contributed by atoms with Gasteiger partial charge >= 0.3 is 6.01 Å². The first-order valence-corrected chi connectivity index (χ1v) is 9.59. The molecule has 0 bridgehead atoms. The first-order valence-electron chi connectivity index (χ1n) is 9.21. The molecule has 2 aliphatic rings. The minimum atomic E-state index is -0.155. The van der Waals surface area contributed by atoms with Gasteiger partial charge in [0.05, 0.1) is 0 Å². The molecule has 0 amide bonds. The van der Waals surface area contributed by atoms with Crippen LogP contribution in [0.4, 0.5) is 11.7 Å². The number of aromatic nitrogens is 2. The number of benzene rings is 2. The van der Waals surface area contributed by atoms with Crippen molar-refractivity contribution < 1.29 is 13.9 Å².